The molecule has 2 aromatic carbocycles. The molecule has 0 fully saturated rings. The zero-order valence-corrected chi connectivity index (χ0v) is 19.1. The third-order valence-electron chi connectivity index (χ3n) is 4.50. The van der Waals surface area contributed by atoms with E-state index in [1.807, 2.05) is 19.9 Å². The minimum Gasteiger partial charge on any atom is -0.260 e. The van der Waals surface area contributed by atoms with Gasteiger partial charge in [0, 0.05) is 28.7 Å². The van der Waals surface area contributed by atoms with E-state index in [1.54, 1.807) is 6.20 Å². The molecule has 1 aromatic heterocycles. The Morgan fingerprint density at radius 2 is 1.52 bits per heavy atom. The van der Waals surface area contributed by atoms with E-state index in [9.17, 15) is 0 Å². The van der Waals surface area contributed by atoms with Crippen molar-refractivity contribution >= 4 is 21.5 Å². The quantitative estimate of drug-likeness (QED) is 0.418. The lowest BCUT2D eigenvalue weighted by Crippen LogP contribution is -2.01. The first-order chi connectivity index (χ1) is 13.9. The van der Waals surface area contributed by atoms with Crippen LogP contribution in [0.2, 0.25) is 0 Å². The molecule has 148 valence electrons. The minimum atomic E-state index is 0.0346. The highest BCUT2D eigenvalue weighted by atomic mass is 79.9. The predicted molar refractivity (Wildman–Crippen MR) is 125 cm³/mol. The summed E-state index contributed by atoms with van der Waals surface area (Å²) >= 11 is 3.35. The summed E-state index contributed by atoms with van der Waals surface area (Å²) in [5.74, 6) is 0.0346. The average Bonchev–Trinajstić information content (AvgIpc) is 2.72. The molecule has 3 aromatic rings. The van der Waals surface area contributed by atoms with Crippen molar-refractivity contribution in [2.45, 2.75) is 34.1 Å². The molecule has 0 aliphatic rings. The fraction of sp³-hybridized carbons (Fsp3) is 0.231. The van der Waals surface area contributed by atoms with Gasteiger partial charge in [-0.3, -0.25) is 4.98 Å². The molecule has 0 spiro atoms. The number of pyridine rings is 1. The summed E-state index contributed by atoms with van der Waals surface area (Å²) < 4.78 is 0.985. The molecule has 29 heavy (non-hydrogen) atoms. The fourth-order valence-electron chi connectivity index (χ4n) is 3.07. The van der Waals surface area contributed by atoms with Gasteiger partial charge in [0.25, 0.3) is 0 Å². The number of hydrogen-bond donors (Lipinski definition) is 0. The van der Waals surface area contributed by atoms with E-state index in [2.05, 4.69) is 101 Å². The topological polar surface area (TPSA) is 36.7 Å². The number of aromatic nitrogens is 1. The van der Waals surface area contributed by atoms with Crippen molar-refractivity contribution in [3.63, 3.8) is 0 Å². The molecular weight excluding hydrogens is 420 g/mol. The molecule has 0 aliphatic carbocycles. The van der Waals surface area contributed by atoms with Crippen LogP contribution in [0.3, 0.4) is 0 Å². The van der Waals surface area contributed by atoms with Gasteiger partial charge in [0.15, 0.2) is 0 Å². The molecule has 3 heteroatoms. The van der Waals surface area contributed by atoms with Crippen molar-refractivity contribution in [3.8, 4) is 6.07 Å². The second kappa shape index (κ2) is 11.3. The summed E-state index contributed by atoms with van der Waals surface area (Å²) in [6.45, 7) is 8.24. The summed E-state index contributed by atoms with van der Waals surface area (Å²) in [5, 5.41) is 8.65. The zero-order valence-electron chi connectivity index (χ0n) is 17.5. The van der Waals surface area contributed by atoms with Gasteiger partial charge in [-0.1, -0.05) is 66.2 Å². The number of nitrogens with zero attached hydrogens (tertiary/aromatic N) is 2. The number of benzene rings is 2. The first kappa shape index (κ1) is 22.6. The van der Waals surface area contributed by atoms with Crippen LogP contribution in [0.1, 0.15) is 43.2 Å². The molecule has 3 rings (SSSR count). The molecule has 0 saturated heterocycles. The van der Waals surface area contributed by atoms with Crippen molar-refractivity contribution < 1.29 is 0 Å². The van der Waals surface area contributed by atoms with Crippen LogP contribution in [0.25, 0.3) is 5.57 Å². The third-order valence-corrected chi connectivity index (χ3v) is 4.93. The van der Waals surface area contributed by atoms with Crippen LogP contribution >= 0.6 is 15.9 Å². The monoisotopic (exact) mass is 446 g/mol. The Labute approximate surface area is 183 Å². The van der Waals surface area contributed by atoms with Crippen LogP contribution in [0.5, 0.6) is 0 Å². The fourth-order valence-corrected chi connectivity index (χ4v) is 3.52. The second-order valence-electron chi connectivity index (χ2n) is 7.26. The van der Waals surface area contributed by atoms with Crippen LogP contribution in [-0.4, -0.2) is 4.98 Å². The normalized spacial score (nSPS) is 10.9. The molecule has 0 radical (unpaired) electrons. The Morgan fingerprint density at radius 1 is 1.00 bits per heavy atom. The molecular formula is C26H27BrN2. The summed E-state index contributed by atoms with van der Waals surface area (Å²) in [7, 11) is 0. The maximum absolute atomic E-state index is 8.65. The molecule has 1 unspecified atom stereocenters. The van der Waals surface area contributed by atoms with Gasteiger partial charge in [0.1, 0.15) is 0 Å². The van der Waals surface area contributed by atoms with Crippen molar-refractivity contribution in [1.82, 2.24) is 4.98 Å². The van der Waals surface area contributed by atoms with E-state index in [-0.39, 0.29) is 5.92 Å². The first-order valence-corrected chi connectivity index (χ1v) is 10.5. The molecule has 1 heterocycles. The molecule has 0 aliphatic heterocycles. The number of hydrogen-bond acceptors (Lipinski definition) is 2. The predicted octanol–water partition coefficient (Wildman–Crippen LogP) is 7.38. The van der Waals surface area contributed by atoms with Gasteiger partial charge >= 0.3 is 0 Å². The number of halogens is 1. The summed E-state index contributed by atoms with van der Waals surface area (Å²) in [5.41, 5.74) is 7.40. The first-order valence-electron chi connectivity index (χ1n) is 9.71. The van der Waals surface area contributed by atoms with Crippen LogP contribution < -0.4 is 0 Å². The van der Waals surface area contributed by atoms with Crippen molar-refractivity contribution in [2.75, 3.05) is 0 Å². The molecule has 0 amide bonds. The van der Waals surface area contributed by atoms with Gasteiger partial charge in [0.2, 0.25) is 0 Å². The maximum atomic E-state index is 8.65. The van der Waals surface area contributed by atoms with Gasteiger partial charge in [-0.05, 0) is 72.0 Å². The molecule has 0 saturated carbocycles. The summed E-state index contributed by atoms with van der Waals surface area (Å²) in [4.78, 5) is 4.27. The van der Waals surface area contributed by atoms with Crippen LogP contribution in [-0.2, 0) is 6.42 Å². The molecule has 1 atom stereocenters. The Hall–Kier alpha value is -2.70. The lowest BCUT2D eigenvalue weighted by Gasteiger charge is -2.10. The number of nitriles is 1. The Morgan fingerprint density at radius 3 is 1.93 bits per heavy atom. The highest BCUT2D eigenvalue weighted by Gasteiger charge is 2.06. The number of rotatable bonds is 4. The highest BCUT2D eigenvalue weighted by Crippen LogP contribution is 2.26. The van der Waals surface area contributed by atoms with Gasteiger partial charge < -0.3 is 0 Å². The molecule has 0 bridgehead atoms. The summed E-state index contributed by atoms with van der Waals surface area (Å²) in [6.07, 6.45) is 2.50. The van der Waals surface area contributed by atoms with Crippen LogP contribution in [0.15, 0.2) is 83.0 Å². The van der Waals surface area contributed by atoms with E-state index in [4.69, 9.17) is 5.26 Å². The Balaban J connectivity index is 0.000000212. The summed E-state index contributed by atoms with van der Waals surface area (Å²) in [6, 6.07) is 25.3. The standard InChI is InChI=1S/C16H16.C10H11BrN2/c1-13(2)16(14-9-5-3-6-10-14)15-11-7-4-8-12-15;1-7(5-12)3-10-8(2)4-9(11)6-13-10/h3-12H,1-2H3;4,6-7H,3H2,1-2H3. The lowest BCUT2D eigenvalue weighted by atomic mass is 9.94. The average molecular weight is 447 g/mol. The van der Waals surface area contributed by atoms with E-state index in [0.29, 0.717) is 0 Å². The second-order valence-corrected chi connectivity index (χ2v) is 8.17. The third kappa shape index (κ3) is 7.00. The van der Waals surface area contributed by atoms with Crippen LogP contribution in [0, 0.1) is 24.2 Å². The zero-order chi connectivity index (χ0) is 21.2. The number of aryl methyl sites for hydroxylation is 1. The van der Waals surface area contributed by atoms with E-state index >= 15 is 0 Å². The van der Waals surface area contributed by atoms with E-state index < -0.39 is 0 Å². The maximum Gasteiger partial charge on any atom is 0.0656 e. The van der Waals surface area contributed by atoms with Crippen LogP contribution in [0.4, 0.5) is 0 Å². The van der Waals surface area contributed by atoms with Crippen molar-refractivity contribution in [3.05, 3.63) is 105 Å². The molecule has 0 N–H and O–H groups in total. The highest BCUT2D eigenvalue weighted by molar-refractivity contribution is 9.10. The largest absolute Gasteiger partial charge is 0.260 e. The Bertz CT molecular complexity index is 941. The minimum absolute atomic E-state index is 0.0346. The Kier molecular flexibility index (Phi) is 8.83. The van der Waals surface area contributed by atoms with Gasteiger partial charge in [-0.15, -0.1) is 0 Å². The molecule has 2 nitrogen and oxygen atoms in total. The van der Waals surface area contributed by atoms with Gasteiger partial charge in [0.05, 0.1) is 6.07 Å². The van der Waals surface area contributed by atoms with Gasteiger partial charge in [-0.25, -0.2) is 0 Å². The van der Waals surface area contributed by atoms with E-state index in [0.717, 1.165) is 22.2 Å². The van der Waals surface area contributed by atoms with E-state index in [1.165, 1.54) is 22.3 Å². The lowest BCUT2D eigenvalue weighted by molar-refractivity contribution is 0.716. The number of allylic oxidation sites excluding steroid dienone is 1. The van der Waals surface area contributed by atoms with Crippen molar-refractivity contribution in [1.29, 1.82) is 5.26 Å². The van der Waals surface area contributed by atoms with Crippen molar-refractivity contribution in [2.24, 2.45) is 5.92 Å². The smallest absolute Gasteiger partial charge is 0.0656 e. The SMILES string of the molecule is CC(C)=C(c1ccccc1)c1ccccc1.Cc1cc(Br)cnc1CC(C)C#N. The van der Waals surface area contributed by atoms with Gasteiger partial charge in [-0.2, -0.15) is 5.26 Å².